The summed E-state index contributed by atoms with van der Waals surface area (Å²) in [6.45, 7) is 4.69. The Morgan fingerprint density at radius 1 is 1.03 bits per heavy atom. The number of benzene rings is 2. The third kappa shape index (κ3) is 3.95. The summed E-state index contributed by atoms with van der Waals surface area (Å²) in [7, 11) is 3.21. The molecule has 0 radical (unpaired) electrons. The summed E-state index contributed by atoms with van der Waals surface area (Å²) in [5.74, 6) is 1.76. The Hall–Kier alpha value is -3.48. The van der Waals surface area contributed by atoms with Gasteiger partial charge in [0.05, 0.1) is 14.2 Å². The zero-order valence-corrected chi connectivity index (χ0v) is 18.1. The van der Waals surface area contributed by atoms with Crippen molar-refractivity contribution in [2.75, 3.05) is 27.4 Å². The minimum Gasteiger partial charge on any atom is -0.493 e. The van der Waals surface area contributed by atoms with Crippen LogP contribution in [0.15, 0.2) is 39.5 Å². The Morgan fingerprint density at radius 3 is 2.45 bits per heavy atom. The molecule has 3 aromatic rings. The average molecular weight is 423 g/mol. The number of carbonyl (C=O) groups excluding carboxylic acids is 1. The van der Waals surface area contributed by atoms with Gasteiger partial charge in [0, 0.05) is 30.1 Å². The fraction of sp³-hybridized carbons (Fsp3) is 0.333. The molecule has 162 valence electrons. The Bertz CT molecular complexity index is 1210. The molecule has 0 unspecified atom stereocenters. The van der Waals surface area contributed by atoms with Crippen molar-refractivity contribution in [2.24, 2.45) is 0 Å². The topological polar surface area (TPSA) is 78.2 Å². The number of nitrogens with zero attached hydrogens (tertiary/aromatic N) is 1. The Kier molecular flexibility index (Phi) is 5.59. The van der Waals surface area contributed by atoms with E-state index >= 15 is 0 Å². The van der Waals surface area contributed by atoms with E-state index in [2.05, 4.69) is 0 Å². The van der Waals surface area contributed by atoms with E-state index in [0.29, 0.717) is 41.5 Å². The van der Waals surface area contributed by atoms with E-state index in [1.165, 1.54) is 6.07 Å². The summed E-state index contributed by atoms with van der Waals surface area (Å²) in [5.41, 5.74) is 3.82. The third-order valence-corrected chi connectivity index (χ3v) is 5.74. The van der Waals surface area contributed by atoms with Gasteiger partial charge in [0.25, 0.3) is 5.91 Å². The molecule has 1 amide bonds. The van der Waals surface area contributed by atoms with Gasteiger partial charge in [-0.3, -0.25) is 4.79 Å². The number of fused-ring (bicyclic) bond motifs is 2. The van der Waals surface area contributed by atoms with Gasteiger partial charge in [-0.05, 0) is 61.2 Å². The molecule has 7 heteroatoms. The molecule has 1 aliphatic heterocycles. The lowest BCUT2D eigenvalue weighted by Gasteiger charge is -2.29. The van der Waals surface area contributed by atoms with E-state index in [4.69, 9.17) is 18.6 Å². The maximum Gasteiger partial charge on any atom is 0.336 e. The highest BCUT2D eigenvalue weighted by Gasteiger charge is 2.23. The Balaban J connectivity index is 1.49. The van der Waals surface area contributed by atoms with Crippen molar-refractivity contribution in [1.82, 2.24) is 4.90 Å². The maximum absolute atomic E-state index is 12.8. The summed E-state index contributed by atoms with van der Waals surface area (Å²) in [6, 6.07) is 9.01. The summed E-state index contributed by atoms with van der Waals surface area (Å²) >= 11 is 0. The van der Waals surface area contributed by atoms with Crippen molar-refractivity contribution < 1.29 is 23.4 Å². The minimum atomic E-state index is -0.402. The molecule has 0 N–H and O–H groups in total. The number of carbonyl (C=O) groups is 1. The normalized spacial score (nSPS) is 13.1. The van der Waals surface area contributed by atoms with Crippen LogP contribution in [-0.4, -0.2) is 38.2 Å². The molecule has 1 aliphatic rings. The molecule has 1 aromatic heterocycles. The van der Waals surface area contributed by atoms with Crippen molar-refractivity contribution in [1.29, 1.82) is 0 Å². The number of hydrogen-bond acceptors (Lipinski definition) is 6. The molecule has 0 saturated heterocycles. The van der Waals surface area contributed by atoms with Crippen LogP contribution >= 0.6 is 0 Å². The molecular weight excluding hydrogens is 398 g/mol. The van der Waals surface area contributed by atoms with E-state index < -0.39 is 5.63 Å². The highest BCUT2D eigenvalue weighted by Crippen LogP contribution is 2.33. The SMILES string of the molecule is COc1cc2c(cc1OC)CN(C(=O)COc1ccc3c(C)cc(=O)oc3c1C)CC2. The highest BCUT2D eigenvalue weighted by atomic mass is 16.5. The van der Waals surface area contributed by atoms with Crippen molar-refractivity contribution in [3.05, 3.63) is 63.0 Å². The zero-order chi connectivity index (χ0) is 22.1. The second-order valence-corrected chi connectivity index (χ2v) is 7.64. The van der Waals surface area contributed by atoms with E-state index in [1.807, 2.05) is 32.0 Å². The van der Waals surface area contributed by atoms with E-state index in [9.17, 15) is 9.59 Å². The van der Waals surface area contributed by atoms with Crippen molar-refractivity contribution in [2.45, 2.75) is 26.8 Å². The Morgan fingerprint density at radius 2 is 1.74 bits per heavy atom. The quantitative estimate of drug-likeness (QED) is 0.586. The molecule has 2 heterocycles. The van der Waals surface area contributed by atoms with Gasteiger partial charge < -0.3 is 23.5 Å². The highest BCUT2D eigenvalue weighted by molar-refractivity contribution is 5.85. The average Bonchev–Trinajstić information content (AvgIpc) is 2.77. The molecule has 31 heavy (non-hydrogen) atoms. The summed E-state index contributed by atoms with van der Waals surface area (Å²) in [5, 5.41) is 0.854. The molecule has 4 rings (SSSR count). The number of ether oxygens (including phenoxy) is 3. The van der Waals surface area contributed by atoms with Crippen LogP contribution in [0.3, 0.4) is 0 Å². The first-order valence-electron chi connectivity index (χ1n) is 10.1. The molecule has 2 aromatic carbocycles. The summed E-state index contributed by atoms with van der Waals surface area (Å²) in [4.78, 5) is 26.3. The van der Waals surface area contributed by atoms with Gasteiger partial charge in [-0.25, -0.2) is 4.79 Å². The van der Waals surface area contributed by atoms with Gasteiger partial charge >= 0.3 is 5.63 Å². The maximum atomic E-state index is 12.8. The monoisotopic (exact) mass is 423 g/mol. The predicted octanol–water partition coefficient (Wildman–Crippen LogP) is 3.39. The first-order chi connectivity index (χ1) is 14.9. The van der Waals surface area contributed by atoms with Crippen LogP contribution in [0.4, 0.5) is 0 Å². The van der Waals surface area contributed by atoms with Crippen LogP contribution < -0.4 is 19.8 Å². The first kappa shape index (κ1) is 20.8. The third-order valence-electron chi connectivity index (χ3n) is 5.74. The van der Waals surface area contributed by atoms with Crippen LogP contribution in [-0.2, 0) is 17.8 Å². The molecule has 0 spiro atoms. The summed E-state index contributed by atoms with van der Waals surface area (Å²) in [6.07, 6.45) is 0.737. The van der Waals surface area contributed by atoms with E-state index in [-0.39, 0.29) is 12.5 Å². The molecule has 0 atom stereocenters. The van der Waals surface area contributed by atoms with Crippen LogP contribution in [0.5, 0.6) is 17.2 Å². The number of methoxy groups -OCH3 is 2. The van der Waals surface area contributed by atoms with Crippen LogP contribution in [0.25, 0.3) is 11.0 Å². The number of amides is 1. The standard InChI is InChI=1S/C24H25NO6/c1-14-9-23(27)31-24-15(2)19(6-5-18(14)24)30-13-22(26)25-8-7-16-10-20(28-3)21(29-4)11-17(16)12-25/h5-6,9-11H,7-8,12-13H2,1-4H3. The lowest BCUT2D eigenvalue weighted by molar-refractivity contribution is -0.134. The molecule has 7 nitrogen and oxygen atoms in total. The van der Waals surface area contributed by atoms with Gasteiger partial charge in [0.2, 0.25) is 0 Å². The Labute approximate surface area is 180 Å². The van der Waals surface area contributed by atoms with E-state index in [1.54, 1.807) is 25.2 Å². The number of rotatable bonds is 5. The summed E-state index contributed by atoms with van der Waals surface area (Å²) < 4.78 is 21.9. The second kappa shape index (κ2) is 8.34. The molecular formula is C24H25NO6. The molecule has 0 aliphatic carbocycles. The lowest BCUT2D eigenvalue weighted by atomic mass is 9.99. The van der Waals surface area contributed by atoms with Crippen LogP contribution in [0.2, 0.25) is 0 Å². The van der Waals surface area contributed by atoms with Crippen molar-refractivity contribution >= 4 is 16.9 Å². The van der Waals surface area contributed by atoms with Crippen molar-refractivity contribution in [3.63, 3.8) is 0 Å². The molecule has 0 saturated carbocycles. The van der Waals surface area contributed by atoms with Gasteiger partial charge in [-0.2, -0.15) is 0 Å². The van der Waals surface area contributed by atoms with E-state index in [0.717, 1.165) is 28.5 Å². The first-order valence-corrected chi connectivity index (χ1v) is 10.1. The number of aryl methyl sites for hydroxylation is 2. The van der Waals surface area contributed by atoms with Crippen LogP contribution in [0, 0.1) is 13.8 Å². The largest absolute Gasteiger partial charge is 0.493 e. The zero-order valence-electron chi connectivity index (χ0n) is 18.1. The minimum absolute atomic E-state index is 0.0922. The fourth-order valence-corrected chi connectivity index (χ4v) is 3.98. The molecule has 0 bridgehead atoms. The van der Waals surface area contributed by atoms with Gasteiger partial charge in [-0.1, -0.05) is 0 Å². The van der Waals surface area contributed by atoms with Crippen LogP contribution in [0.1, 0.15) is 22.3 Å². The number of hydrogen-bond donors (Lipinski definition) is 0. The molecule has 0 fully saturated rings. The second-order valence-electron chi connectivity index (χ2n) is 7.64. The van der Waals surface area contributed by atoms with Gasteiger partial charge in [-0.15, -0.1) is 0 Å². The van der Waals surface area contributed by atoms with Gasteiger partial charge in [0.1, 0.15) is 11.3 Å². The fourth-order valence-electron chi connectivity index (χ4n) is 3.98. The van der Waals surface area contributed by atoms with Crippen molar-refractivity contribution in [3.8, 4) is 17.2 Å². The lowest BCUT2D eigenvalue weighted by Crippen LogP contribution is -2.38. The predicted molar refractivity (Wildman–Crippen MR) is 116 cm³/mol. The smallest absolute Gasteiger partial charge is 0.336 e. The van der Waals surface area contributed by atoms with Gasteiger partial charge in [0.15, 0.2) is 18.1 Å².